The van der Waals surface area contributed by atoms with Gasteiger partial charge in [-0.15, -0.1) is 0 Å². The minimum absolute atomic E-state index is 0.0602. The third kappa shape index (κ3) is 3.69. The molecular weight excluding hydrogens is 268 g/mol. The standard InChI is InChI=1S/C15H22N4O2/c20-15(19-6-8-21-9-7-19)13-10-17-14(11-16-13)18-12-4-2-1-3-5-12/h10-12H,1-9H2,(H,17,18). The summed E-state index contributed by atoms with van der Waals surface area (Å²) in [6.45, 7) is 2.45. The maximum atomic E-state index is 12.2. The summed E-state index contributed by atoms with van der Waals surface area (Å²) < 4.78 is 5.25. The Morgan fingerprint density at radius 3 is 2.57 bits per heavy atom. The van der Waals surface area contributed by atoms with Crippen LogP contribution in [0.5, 0.6) is 0 Å². The highest BCUT2D eigenvalue weighted by molar-refractivity contribution is 5.92. The number of amides is 1. The molecule has 1 saturated carbocycles. The first-order chi connectivity index (χ1) is 10.3. The first kappa shape index (κ1) is 14.3. The summed E-state index contributed by atoms with van der Waals surface area (Å²) >= 11 is 0. The quantitative estimate of drug-likeness (QED) is 0.917. The van der Waals surface area contributed by atoms with Crippen LogP contribution in [0.2, 0.25) is 0 Å². The Morgan fingerprint density at radius 1 is 1.14 bits per heavy atom. The Bertz CT molecular complexity index is 465. The van der Waals surface area contributed by atoms with Gasteiger partial charge in [-0.1, -0.05) is 19.3 Å². The summed E-state index contributed by atoms with van der Waals surface area (Å²) in [5, 5.41) is 3.41. The van der Waals surface area contributed by atoms with Crippen LogP contribution < -0.4 is 5.32 Å². The van der Waals surface area contributed by atoms with E-state index in [0.29, 0.717) is 38.0 Å². The van der Waals surface area contributed by atoms with E-state index in [1.165, 1.54) is 32.1 Å². The fourth-order valence-electron chi connectivity index (χ4n) is 2.90. The lowest BCUT2D eigenvalue weighted by Crippen LogP contribution is -2.41. The highest BCUT2D eigenvalue weighted by Gasteiger charge is 2.20. The number of carbonyl (C=O) groups is 1. The fraction of sp³-hybridized carbons (Fsp3) is 0.667. The van der Waals surface area contributed by atoms with Crippen molar-refractivity contribution >= 4 is 11.7 Å². The molecule has 21 heavy (non-hydrogen) atoms. The number of anilines is 1. The minimum Gasteiger partial charge on any atom is -0.378 e. The number of hydrogen-bond acceptors (Lipinski definition) is 5. The Morgan fingerprint density at radius 2 is 1.90 bits per heavy atom. The summed E-state index contributed by atoms with van der Waals surface area (Å²) in [7, 11) is 0. The molecule has 6 nitrogen and oxygen atoms in total. The third-order valence-electron chi connectivity index (χ3n) is 4.13. The van der Waals surface area contributed by atoms with Gasteiger partial charge in [0.15, 0.2) is 0 Å². The van der Waals surface area contributed by atoms with Gasteiger partial charge in [-0.25, -0.2) is 9.97 Å². The van der Waals surface area contributed by atoms with Gasteiger partial charge in [0.05, 0.1) is 25.6 Å². The van der Waals surface area contributed by atoms with E-state index in [-0.39, 0.29) is 5.91 Å². The van der Waals surface area contributed by atoms with Crippen molar-refractivity contribution in [3.8, 4) is 0 Å². The molecule has 1 aromatic rings. The van der Waals surface area contributed by atoms with Crippen molar-refractivity contribution in [3.05, 3.63) is 18.1 Å². The molecule has 114 valence electrons. The molecule has 2 fully saturated rings. The van der Waals surface area contributed by atoms with Gasteiger partial charge < -0.3 is 15.0 Å². The van der Waals surface area contributed by atoms with E-state index in [1.807, 2.05) is 0 Å². The summed E-state index contributed by atoms with van der Waals surface area (Å²) in [5.41, 5.74) is 0.408. The normalized spacial score (nSPS) is 20.3. The first-order valence-electron chi connectivity index (χ1n) is 7.78. The van der Waals surface area contributed by atoms with Gasteiger partial charge >= 0.3 is 0 Å². The van der Waals surface area contributed by atoms with Crippen LogP contribution in [0.25, 0.3) is 0 Å². The second-order valence-electron chi connectivity index (χ2n) is 5.67. The van der Waals surface area contributed by atoms with Crippen LogP contribution in [0.15, 0.2) is 12.4 Å². The van der Waals surface area contributed by atoms with E-state index < -0.39 is 0 Å². The molecule has 2 heterocycles. The maximum Gasteiger partial charge on any atom is 0.274 e. The summed E-state index contributed by atoms with van der Waals surface area (Å²) in [6.07, 6.45) is 9.51. The molecule has 0 aromatic carbocycles. The van der Waals surface area contributed by atoms with Crippen molar-refractivity contribution in [1.82, 2.24) is 14.9 Å². The largest absolute Gasteiger partial charge is 0.378 e. The lowest BCUT2D eigenvalue weighted by Gasteiger charge is -2.26. The number of carbonyl (C=O) groups excluding carboxylic acids is 1. The van der Waals surface area contributed by atoms with Crippen LogP contribution in [0.1, 0.15) is 42.6 Å². The van der Waals surface area contributed by atoms with Gasteiger partial charge in [-0.2, -0.15) is 0 Å². The Hall–Kier alpha value is -1.69. The van der Waals surface area contributed by atoms with Crippen molar-refractivity contribution < 1.29 is 9.53 Å². The molecular formula is C15H22N4O2. The molecule has 1 saturated heterocycles. The fourth-order valence-corrected chi connectivity index (χ4v) is 2.90. The van der Waals surface area contributed by atoms with Crippen LogP contribution in [-0.2, 0) is 4.74 Å². The number of hydrogen-bond donors (Lipinski definition) is 1. The average molecular weight is 290 g/mol. The number of aromatic nitrogens is 2. The maximum absolute atomic E-state index is 12.2. The summed E-state index contributed by atoms with van der Waals surface area (Å²) in [4.78, 5) is 22.6. The van der Waals surface area contributed by atoms with Crippen LogP contribution in [0.4, 0.5) is 5.82 Å². The lowest BCUT2D eigenvalue weighted by atomic mass is 9.96. The molecule has 3 rings (SSSR count). The van der Waals surface area contributed by atoms with E-state index in [4.69, 9.17) is 4.74 Å². The topological polar surface area (TPSA) is 67.4 Å². The minimum atomic E-state index is -0.0602. The Kier molecular flexibility index (Phi) is 4.65. The third-order valence-corrected chi connectivity index (χ3v) is 4.13. The average Bonchev–Trinajstić information content (AvgIpc) is 2.57. The number of nitrogens with zero attached hydrogens (tertiary/aromatic N) is 3. The predicted octanol–water partition coefficient (Wildman–Crippen LogP) is 1.69. The van der Waals surface area contributed by atoms with Crippen molar-refractivity contribution in [2.75, 3.05) is 31.6 Å². The molecule has 2 aliphatic rings. The molecule has 1 aliphatic carbocycles. The van der Waals surface area contributed by atoms with Gasteiger partial charge in [-0.05, 0) is 12.8 Å². The zero-order chi connectivity index (χ0) is 14.5. The molecule has 0 spiro atoms. The first-order valence-corrected chi connectivity index (χ1v) is 7.78. The lowest BCUT2D eigenvalue weighted by molar-refractivity contribution is 0.0298. The number of ether oxygens (including phenoxy) is 1. The second kappa shape index (κ2) is 6.85. The van der Waals surface area contributed by atoms with Gasteiger partial charge in [0.25, 0.3) is 5.91 Å². The molecule has 0 radical (unpaired) electrons. The van der Waals surface area contributed by atoms with E-state index in [1.54, 1.807) is 17.3 Å². The Labute approximate surface area is 124 Å². The van der Waals surface area contributed by atoms with Crippen molar-refractivity contribution in [2.24, 2.45) is 0 Å². The van der Waals surface area contributed by atoms with E-state index >= 15 is 0 Å². The smallest absolute Gasteiger partial charge is 0.274 e. The molecule has 0 bridgehead atoms. The zero-order valence-electron chi connectivity index (χ0n) is 12.3. The van der Waals surface area contributed by atoms with Gasteiger partial charge in [-0.3, -0.25) is 4.79 Å². The van der Waals surface area contributed by atoms with E-state index in [9.17, 15) is 4.79 Å². The second-order valence-corrected chi connectivity index (χ2v) is 5.67. The van der Waals surface area contributed by atoms with Crippen LogP contribution >= 0.6 is 0 Å². The summed E-state index contributed by atoms with van der Waals surface area (Å²) in [5.74, 6) is 0.704. The van der Waals surface area contributed by atoms with Gasteiger partial charge in [0.2, 0.25) is 0 Å². The Balaban J connectivity index is 1.59. The van der Waals surface area contributed by atoms with Crippen LogP contribution in [-0.4, -0.2) is 53.1 Å². The van der Waals surface area contributed by atoms with Crippen molar-refractivity contribution in [1.29, 1.82) is 0 Å². The number of nitrogens with one attached hydrogen (secondary N) is 1. The molecule has 0 atom stereocenters. The van der Waals surface area contributed by atoms with Gasteiger partial charge in [0, 0.05) is 19.1 Å². The zero-order valence-corrected chi connectivity index (χ0v) is 12.3. The van der Waals surface area contributed by atoms with Crippen LogP contribution in [0, 0.1) is 0 Å². The monoisotopic (exact) mass is 290 g/mol. The SMILES string of the molecule is O=C(c1cnc(NC2CCCCC2)cn1)N1CCOCC1. The van der Waals surface area contributed by atoms with E-state index in [0.717, 1.165) is 5.82 Å². The highest BCUT2D eigenvalue weighted by atomic mass is 16.5. The molecule has 0 unspecified atom stereocenters. The number of morpholine rings is 1. The molecule has 1 N–H and O–H groups in total. The highest BCUT2D eigenvalue weighted by Crippen LogP contribution is 2.20. The predicted molar refractivity (Wildman–Crippen MR) is 79.3 cm³/mol. The molecule has 1 amide bonds. The molecule has 6 heteroatoms. The molecule has 1 aromatic heterocycles. The van der Waals surface area contributed by atoms with Gasteiger partial charge in [0.1, 0.15) is 11.5 Å². The van der Waals surface area contributed by atoms with Crippen LogP contribution in [0.3, 0.4) is 0 Å². The summed E-state index contributed by atoms with van der Waals surface area (Å²) in [6, 6.07) is 0.494. The van der Waals surface area contributed by atoms with Crippen molar-refractivity contribution in [3.63, 3.8) is 0 Å². The van der Waals surface area contributed by atoms with Crippen molar-refractivity contribution in [2.45, 2.75) is 38.1 Å². The number of rotatable bonds is 3. The molecule has 1 aliphatic heterocycles. The van der Waals surface area contributed by atoms with E-state index in [2.05, 4.69) is 15.3 Å².